The van der Waals surface area contributed by atoms with Gasteiger partial charge in [-0.25, -0.2) is 0 Å². The number of β-amino-alcohol motifs (C(OH)–C–C–N with tert-alkyl or cyclic N) is 1. The second-order valence-electron chi connectivity index (χ2n) is 5.68. The Morgan fingerprint density at radius 3 is 2.86 bits per heavy atom. The predicted octanol–water partition coefficient (Wildman–Crippen LogP) is 0.171. The van der Waals surface area contributed by atoms with Gasteiger partial charge < -0.3 is 25.4 Å². The molecule has 116 valence electrons. The normalized spacial score (nSPS) is 21.8. The largest absolute Gasteiger partial charge is 0.482 e. The van der Waals surface area contributed by atoms with E-state index in [1.165, 1.54) is 0 Å². The van der Waals surface area contributed by atoms with Gasteiger partial charge in [0.05, 0.1) is 11.8 Å². The number of benzene rings is 1. The van der Waals surface area contributed by atoms with E-state index in [4.69, 9.17) is 10.5 Å². The van der Waals surface area contributed by atoms with Gasteiger partial charge in [-0.3, -0.25) is 4.79 Å². The van der Waals surface area contributed by atoms with Gasteiger partial charge in [-0.2, -0.15) is 0 Å². The van der Waals surface area contributed by atoms with Gasteiger partial charge in [0, 0.05) is 19.1 Å². The standard InChI is InChI=1S/C15H23N3O3/c1-17(2)8-11-7-12(19)9-18(11)15(20)10-21-14-6-4-3-5-13(14)16/h3-6,11-12,19H,7-10,16H2,1-2H3. The van der Waals surface area contributed by atoms with Crippen LogP contribution in [0.4, 0.5) is 5.69 Å². The van der Waals surface area contributed by atoms with Crippen LogP contribution in [0.15, 0.2) is 24.3 Å². The number of likely N-dealkylation sites (tertiary alicyclic amines) is 1. The first-order chi connectivity index (χ1) is 9.97. The van der Waals surface area contributed by atoms with Crippen LogP contribution in [0.2, 0.25) is 0 Å². The van der Waals surface area contributed by atoms with E-state index in [0.717, 1.165) is 6.54 Å². The van der Waals surface area contributed by atoms with E-state index in [1.807, 2.05) is 31.1 Å². The van der Waals surface area contributed by atoms with Crippen molar-refractivity contribution in [3.63, 3.8) is 0 Å². The van der Waals surface area contributed by atoms with Crippen LogP contribution in [0.3, 0.4) is 0 Å². The third-order valence-electron chi connectivity index (χ3n) is 3.56. The van der Waals surface area contributed by atoms with Crippen molar-refractivity contribution in [2.45, 2.75) is 18.6 Å². The van der Waals surface area contributed by atoms with Gasteiger partial charge in [-0.05, 0) is 32.6 Å². The molecule has 0 bridgehead atoms. The number of ether oxygens (including phenoxy) is 1. The smallest absolute Gasteiger partial charge is 0.260 e. The first-order valence-electron chi connectivity index (χ1n) is 7.07. The molecule has 0 radical (unpaired) electrons. The van der Waals surface area contributed by atoms with Crippen molar-refractivity contribution in [2.75, 3.05) is 39.5 Å². The lowest BCUT2D eigenvalue weighted by Crippen LogP contribution is -2.43. The third kappa shape index (κ3) is 4.09. The molecular formula is C15H23N3O3. The summed E-state index contributed by atoms with van der Waals surface area (Å²) >= 11 is 0. The first kappa shape index (κ1) is 15.6. The molecule has 1 amide bonds. The molecule has 2 atom stereocenters. The number of aliphatic hydroxyl groups excluding tert-OH is 1. The van der Waals surface area contributed by atoms with E-state index in [-0.39, 0.29) is 18.6 Å². The number of nitrogens with zero attached hydrogens (tertiary/aromatic N) is 2. The summed E-state index contributed by atoms with van der Waals surface area (Å²) in [4.78, 5) is 16.0. The molecule has 0 saturated carbocycles. The number of hydrogen-bond acceptors (Lipinski definition) is 5. The average Bonchev–Trinajstić information content (AvgIpc) is 2.77. The maximum Gasteiger partial charge on any atom is 0.260 e. The van der Waals surface area contributed by atoms with Crippen LogP contribution in [0, 0.1) is 0 Å². The fraction of sp³-hybridized carbons (Fsp3) is 0.533. The maximum absolute atomic E-state index is 12.3. The minimum atomic E-state index is -0.458. The Bertz CT molecular complexity index is 493. The van der Waals surface area contributed by atoms with E-state index < -0.39 is 6.10 Å². The zero-order chi connectivity index (χ0) is 15.4. The predicted molar refractivity (Wildman–Crippen MR) is 81.0 cm³/mol. The summed E-state index contributed by atoms with van der Waals surface area (Å²) < 4.78 is 5.49. The monoisotopic (exact) mass is 293 g/mol. The molecule has 1 heterocycles. The molecule has 2 unspecified atom stereocenters. The summed E-state index contributed by atoms with van der Waals surface area (Å²) in [5, 5.41) is 9.79. The van der Waals surface area contributed by atoms with E-state index in [1.54, 1.807) is 17.0 Å². The molecule has 21 heavy (non-hydrogen) atoms. The molecule has 1 aromatic rings. The summed E-state index contributed by atoms with van der Waals surface area (Å²) in [6, 6.07) is 7.12. The number of likely N-dealkylation sites (N-methyl/N-ethyl adjacent to an activating group) is 1. The number of nitrogens with two attached hydrogens (primary N) is 1. The zero-order valence-corrected chi connectivity index (χ0v) is 12.5. The number of anilines is 1. The van der Waals surface area contributed by atoms with Crippen molar-refractivity contribution in [1.29, 1.82) is 0 Å². The molecule has 1 aromatic carbocycles. The van der Waals surface area contributed by atoms with Crippen LogP contribution in [0.1, 0.15) is 6.42 Å². The number of rotatable bonds is 5. The molecule has 1 aliphatic rings. The van der Waals surface area contributed by atoms with Crippen LogP contribution in [-0.4, -0.2) is 66.8 Å². The first-order valence-corrected chi connectivity index (χ1v) is 7.07. The van der Waals surface area contributed by atoms with Crippen LogP contribution < -0.4 is 10.5 Å². The minimum Gasteiger partial charge on any atom is -0.482 e. The topological polar surface area (TPSA) is 79.0 Å². The lowest BCUT2D eigenvalue weighted by atomic mass is 10.2. The number of carbonyl (C=O) groups excluding carboxylic acids is 1. The second kappa shape index (κ2) is 6.78. The van der Waals surface area contributed by atoms with Crippen LogP contribution >= 0.6 is 0 Å². The molecule has 0 spiro atoms. The van der Waals surface area contributed by atoms with Crippen molar-refractivity contribution in [3.8, 4) is 5.75 Å². The Kier molecular flexibility index (Phi) is 5.03. The van der Waals surface area contributed by atoms with Crippen molar-refractivity contribution in [2.24, 2.45) is 0 Å². The van der Waals surface area contributed by atoms with Gasteiger partial charge in [0.2, 0.25) is 0 Å². The van der Waals surface area contributed by atoms with E-state index in [0.29, 0.717) is 24.4 Å². The Labute approximate surface area is 125 Å². The SMILES string of the molecule is CN(C)CC1CC(O)CN1C(=O)COc1ccccc1N. The highest BCUT2D eigenvalue weighted by atomic mass is 16.5. The van der Waals surface area contributed by atoms with Gasteiger partial charge in [0.1, 0.15) is 5.75 Å². The van der Waals surface area contributed by atoms with Gasteiger partial charge in [-0.15, -0.1) is 0 Å². The lowest BCUT2D eigenvalue weighted by molar-refractivity contribution is -0.134. The van der Waals surface area contributed by atoms with Crippen molar-refractivity contribution >= 4 is 11.6 Å². The van der Waals surface area contributed by atoms with Gasteiger partial charge in [0.15, 0.2) is 6.61 Å². The van der Waals surface area contributed by atoms with Crippen LogP contribution in [0.5, 0.6) is 5.75 Å². The van der Waals surface area contributed by atoms with Gasteiger partial charge in [-0.1, -0.05) is 12.1 Å². The average molecular weight is 293 g/mol. The molecule has 2 rings (SSSR count). The highest BCUT2D eigenvalue weighted by Gasteiger charge is 2.34. The fourth-order valence-electron chi connectivity index (χ4n) is 2.63. The van der Waals surface area contributed by atoms with Crippen molar-refractivity contribution in [1.82, 2.24) is 9.80 Å². The highest BCUT2D eigenvalue weighted by molar-refractivity contribution is 5.78. The Morgan fingerprint density at radius 1 is 1.48 bits per heavy atom. The third-order valence-corrected chi connectivity index (χ3v) is 3.56. The van der Waals surface area contributed by atoms with E-state index in [9.17, 15) is 9.90 Å². The Balaban J connectivity index is 1.94. The second-order valence-corrected chi connectivity index (χ2v) is 5.68. The fourth-order valence-corrected chi connectivity index (χ4v) is 2.63. The van der Waals surface area contributed by atoms with Crippen molar-refractivity contribution < 1.29 is 14.6 Å². The summed E-state index contributed by atoms with van der Waals surface area (Å²) in [5.74, 6) is 0.386. The lowest BCUT2D eigenvalue weighted by Gasteiger charge is -2.26. The molecule has 1 aliphatic heterocycles. The molecule has 3 N–H and O–H groups in total. The van der Waals surface area contributed by atoms with E-state index in [2.05, 4.69) is 0 Å². The summed E-state index contributed by atoms with van der Waals surface area (Å²) in [7, 11) is 3.91. The highest BCUT2D eigenvalue weighted by Crippen LogP contribution is 2.22. The number of para-hydroxylation sites is 2. The molecular weight excluding hydrogens is 270 g/mol. The number of aliphatic hydroxyl groups is 1. The molecule has 1 fully saturated rings. The van der Waals surface area contributed by atoms with Crippen LogP contribution in [-0.2, 0) is 4.79 Å². The summed E-state index contributed by atoms with van der Waals surface area (Å²) in [6.45, 7) is 1.03. The zero-order valence-electron chi connectivity index (χ0n) is 12.5. The number of carbonyl (C=O) groups is 1. The molecule has 6 nitrogen and oxygen atoms in total. The molecule has 0 aliphatic carbocycles. The number of amides is 1. The number of nitrogen functional groups attached to an aromatic ring is 1. The van der Waals surface area contributed by atoms with Crippen LogP contribution in [0.25, 0.3) is 0 Å². The Hall–Kier alpha value is -1.79. The Morgan fingerprint density at radius 2 is 2.19 bits per heavy atom. The molecule has 0 aromatic heterocycles. The quantitative estimate of drug-likeness (QED) is 0.757. The van der Waals surface area contributed by atoms with Gasteiger partial charge >= 0.3 is 0 Å². The van der Waals surface area contributed by atoms with E-state index >= 15 is 0 Å². The summed E-state index contributed by atoms with van der Waals surface area (Å²) in [6.07, 6.45) is 0.151. The summed E-state index contributed by atoms with van der Waals surface area (Å²) in [5.41, 5.74) is 6.29. The molecule has 6 heteroatoms. The minimum absolute atomic E-state index is 0.0271. The number of hydrogen-bond donors (Lipinski definition) is 2. The van der Waals surface area contributed by atoms with Crippen molar-refractivity contribution in [3.05, 3.63) is 24.3 Å². The molecule has 1 saturated heterocycles. The van der Waals surface area contributed by atoms with Gasteiger partial charge in [0.25, 0.3) is 5.91 Å². The maximum atomic E-state index is 12.3.